The minimum Gasteiger partial charge on any atom is -0.391 e. The van der Waals surface area contributed by atoms with Crippen molar-refractivity contribution >= 4 is 16.8 Å². The number of amides is 1. The standard InChI is InChI=1S/C22H24N4O2/c27-20-13-26(22(28)21-17-6-2-4-8-19(17)24-25-21)12-15(20)11-14-9-10-23-18-7-3-1-5-16(14)18/h1,3,5,7,9-10,15,20,27H,2,4,6,8,11-13H2,(H,24,25). The second-order valence-corrected chi connectivity index (χ2v) is 7.97. The number of pyridine rings is 1. The Hall–Kier alpha value is -2.73. The number of nitrogens with zero attached hydrogens (tertiary/aromatic N) is 3. The van der Waals surface area contributed by atoms with Crippen LogP contribution in [0.25, 0.3) is 10.9 Å². The van der Waals surface area contributed by atoms with Gasteiger partial charge in [0.05, 0.1) is 11.6 Å². The second-order valence-electron chi connectivity index (χ2n) is 7.97. The van der Waals surface area contributed by atoms with Gasteiger partial charge in [-0.25, -0.2) is 0 Å². The summed E-state index contributed by atoms with van der Waals surface area (Å²) in [6.45, 7) is 0.923. The van der Waals surface area contributed by atoms with Crippen LogP contribution in [0.4, 0.5) is 0 Å². The zero-order valence-electron chi connectivity index (χ0n) is 15.8. The fraction of sp³-hybridized carbons (Fsp3) is 0.409. The molecule has 0 spiro atoms. The van der Waals surface area contributed by atoms with Crippen molar-refractivity contribution in [1.82, 2.24) is 20.1 Å². The van der Waals surface area contributed by atoms with Crippen molar-refractivity contribution < 1.29 is 9.90 Å². The Morgan fingerprint density at radius 3 is 2.96 bits per heavy atom. The molecule has 1 saturated heterocycles. The molecule has 0 radical (unpaired) electrons. The second kappa shape index (κ2) is 7.02. The summed E-state index contributed by atoms with van der Waals surface area (Å²) in [4.78, 5) is 19.2. The Morgan fingerprint density at radius 1 is 1.18 bits per heavy atom. The van der Waals surface area contributed by atoms with Gasteiger partial charge in [0.15, 0.2) is 5.69 Å². The first-order valence-electron chi connectivity index (χ1n) is 10.1. The highest BCUT2D eigenvalue weighted by atomic mass is 16.3. The number of aromatic nitrogens is 3. The van der Waals surface area contributed by atoms with Crippen LogP contribution in [0.2, 0.25) is 0 Å². The number of para-hydroxylation sites is 1. The normalized spacial score (nSPS) is 21.8. The van der Waals surface area contributed by atoms with Crippen molar-refractivity contribution in [3.05, 3.63) is 59.0 Å². The number of rotatable bonds is 3. The molecule has 1 aliphatic heterocycles. The van der Waals surface area contributed by atoms with Gasteiger partial charge in [-0.05, 0) is 49.8 Å². The largest absolute Gasteiger partial charge is 0.391 e. The van der Waals surface area contributed by atoms with E-state index >= 15 is 0 Å². The van der Waals surface area contributed by atoms with E-state index in [9.17, 15) is 9.90 Å². The van der Waals surface area contributed by atoms with Crippen LogP contribution in [0.1, 0.15) is 40.2 Å². The maximum absolute atomic E-state index is 13.1. The molecule has 2 N–H and O–H groups in total. The molecule has 6 heteroatoms. The van der Waals surface area contributed by atoms with Crippen LogP contribution in [0.5, 0.6) is 0 Å². The van der Waals surface area contributed by atoms with Crippen LogP contribution in [0.3, 0.4) is 0 Å². The average Bonchev–Trinajstić information content (AvgIpc) is 3.32. The Kier molecular flexibility index (Phi) is 4.36. The fourth-order valence-corrected chi connectivity index (χ4v) is 4.64. The van der Waals surface area contributed by atoms with E-state index in [1.807, 2.05) is 30.5 Å². The topological polar surface area (TPSA) is 82.1 Å². The summed E-state index contributed by atoms with van der Waals surface area (Å²) in [7, 11) is 0. The van der Waals surface area contributed by atoms with E-state index in [4.69, 9.17) is 0 Å². The quantitative estimate of drug-likeness (QED) is 0.736. The molecule has 3 heterocycles. The zero-order chi connectivity index (χ0) is 19.1. The highest BCUT2D eigenvalue weighted by Crippen LogP contribution is 2.28. The third-order valence-electron chi connectivity index (χ3n) is 6.17. The van der Waals surface area contributed by atoms with Gasteiger partial charge in [-0.1, -0.05) is 18.2 Å². The summed E-state index contributed by atoms with van der Waals surface area (Å²) in [5, 5.41) is 19.1. The summed E-state index contributed by atoms with van der Waals surface area (Å²) < 4.78 is 0. The number of likely N-dealkylation sites (tertiary alicyclic amines) is 1. The number of hydrogen-bond acceptors (Lipinski definition) is 4. The van der Waals surface area contributed by atoms with Crippen molar-refractivity contribution in [3.8, 4) is 0 Å². The molecule has 1 aliphatic carbocycles. The monoisotopic (exact) mass is 376 g/mol. The van der Waals surface area contributed by atoms with Gasteiger partial charge in [-0.2, -0.15) is 5.10 Å². The number of carbonyl (C=O) groups is 1. The van der Waals surface area contributed by atoms with E-state index in [0.717, 1.165) is 54.3 Å². The lowest BCUT2D eigenvalue weighted by molar-refractivity contribution is 0.0757. The molecule has 2 aromatic heterocycles. The first-order valence-corrected chi connectivity index (χ1v) is 10.1. The molecule has 1 fully saturated rings. The first kappa shape index (κ1) is 17.4. The SMILES string of the molecule is O=C(c1n[nH]c2c1CCCC2)N1CC(O)C(Cc2ccnc3ccccc23)C1. The molecule has 1 aromatic carbocycles. The van der Waals surface area contributed by atoms with Crippen LogP contribution in [0, 0.1) is 5.92 Å². The van der Waals surface area contributed by atoms with Crippen molar-refractivity contribution in [1.29, 1.82) is 0 Å². The van der Waals surface area contributed by atoms with Gasteiger partial charge in [0.2, 0.25) is 0 Å². The number of aromatic amines is 1. The van der Waals surface area contributed by atoms with Crippen molar-refractivity contribution in [3.63, 3.8) is 0 Å². The van der Waals surface area contributed by atoms with Crippen molar-refractivity contribution in [2.24, 2.45) is 5.92 Å². The summed E-state index contributed by atoms with van der Waals surface area (Å²) >= 11 is 0. The lowest BCUT2D eigenvalue weighted by Crippen LogP contribution is -2.30. The van der Waals surface area contributed by atoms with Gasteiger partial charge < -0.3 is 10.0 Å². The Morgan fingerprint density at radius 2 is 2.04 bits per heavy atom. The number of carbonyl (C=O) groups excluding carboxylic acids is 1. The van der Waals surface area contributed by atoms with E-state index in [2.05, 4.69) is 21.2 Å². The molecular weight excluding hydrogens is 352 g/mol. The van der Waals surface area contributed by atoms with E-state index < -0.39 is 6.10 Å². The molecule has 1 amide bonds. The minimum absolute atomic E-state index is 0.0181. The molecule has 2 unspecified atom stereocenters. The maximum atomic E-state index is 13.1. The summed E-state index contributed by atoms with van der Waals surface area (Å²) in [5.41, 5.74) is 4.87. The molecule has 0 saturated carbocycles. The fourth-order valence-electron chi connectivity index (χ4n) is 4.64. The molecule has 0 bridgehead atoms. The van der Waals surface area contributed by atoms with Crippen LogP contribution < -0.4 is 0 Å². The number of hydrogen-bond donors (Lipinski definition) is 2. The highest BCUT2D eigenvalue weighted by Gasteiger charge is 2.36. The van der Waals surface area contributed by atoms with Crippen molar-refractivity contribution in [2.75, 3.05) is 13.1 Å². The number of aliphatic hydroxyl groups excluding tert-OH is 1. The number of nitrogens with one attached hydrogen (secondary N) is 1. The molecule has 3 aromatic rings. The molecular formula is C22H24N4O2. The number of β-amino-alcohol motifs (C(OH)–C–C–N with tert-alkyl or cyclic N) is 1. The zero-order valence-corrected chi connectivity index (χ0v) is 15.8. The number of aryl methyl sites for hydroxylation is 1. The van der Waals surface area contributed by atoms with Crippen LogP contribution in [-0.2, 0) is 19.3 Å². The number of aliphatic hydroxyl groups is 1. The lowest BCUT2D eigenvalue weighted by atomic mass is 9.94. The number of fused-ring (bicyclic) bond motifs is 2. The van der Waals surface area contributed by atoms with Gasteiger partial charge in [-0.3, -0.25) is 14.9 Å². The minimum atomic E-state index is -0.523. The molecule has 5 rings (SSSR count). The first-order chi connectivity index (χ1) is 13.7. The van der Waals surface area contributed by atoms with Gasteiger partial charge in [0, 0.05) is 41.8 Å². The van der Waals surface area contributed by atoms with Crippen LogP contribution in [0.15, 0.2) is 36.5 Å². The smallest absolute Gasteiger partial charge is 0.274 e. The summed E-state index contributed by atoms with van der Waals surface area (Å²) in [6.07, 6.45) is 6.15. The molecule has 2 atom stereocenters. The molecule has 28 heavy (non-hydrogen) atoms. The highest BCUT2D eigenvalue weighted by molar-refractivity contribution is 5.94. The third-order valence-corrected chi connectivity index (χ3v) is 6.17. The van der Waals surface area contributed by atoms with E-state index in [-0.39, 0.29) is 11.8 Å². The Bertz CT molecular complexity index is 1020. The lowest BCUT2D eigenvalue weighted by Gasteiger charge is -2.17. The van der Waals surface area contributed by atoms with Crippen LogP contribution in [-0.4, -0.2) is 50.3 Å². The van der Waals surface area contributed by atoms with Crippen LogP contribution >= 0.6 is 0 Å². The summed E-state index contributed by atoms with van der Waals surface area (Å²) in [6, 6.07) is 10.1. The van der Waals surface area contributed by atoms with Gasteiger partial charge in [-0.15, -0.1) is 0 Å². The Labute approximate surface area is 163 Å². The third kappa shape index (κ3) is 2.98. The van der Waals surface area contributed by atoms with Gasteiger partial charge >= 0.3 is 0 Å². The number of benzene rings is 1. The predicted molar refractivity (Wildman–Crippen MR) is 106 cm³/mol. The molecule has 6 nitrogen and oxygen atoms in total. The van der Waals surface area contributed by atoms with E-state index in [1.165, 1.54) is 5.56 Å². The maximum Gasteiger partial charge on any atom is 0.274 e. The Balaban J connectivity index is 1.35. The molecule has 2 aliphatic rings. The summed E-state index contributed by atoms with van der Waals surface area (Å²) in [5.74, 6) is -0.0370. The number of H-pyrrole nitrogens is 1. The molecule has 144 valence electrons. The van der Waals surface area contributed by atoms with E-state index in [0.29, 0.717) is 18.8 Å². The van der Waals surface area contributed by atoms with Crippen molar-refractivity contribution in [2.45, 2.75) is 38.2 Å². The average molecular weight is 376 g/mol. The van der Waals surface area contributed by atoms with E-state index in [1.54, 1.807) is 4.90 Å². The predicted octanol–water partition coefficient (Wildman–Crippen LogP) is 2.51. The van der Waals surface area contributed by atoms with Gasteiger partial charge in [0.25, 0.3) is 5.91 Å². The van der Waals surface area contributed by atoms with Gasteiger partial charge in [0.1, 0.15) is 0 Å².